The zero-order chi connectivity index (χ0) is 15.4. The van der Waals surface area contributed by atoms with Gasteiger partial charge in [-0.05, 0) is 38.2 Å². The van der Waals surface area contributed by atoms with Crippen molar-refractivity contribution in [2.45, 2.75) is 45.1 Å². The molecule has 1 N–H and O–H groups in total. The van der Waals surface area contributed by atoms with Crippen LogP contribution < -0.4 is 4.90 Å². The van der Waals surface area contributed by atoms with E-state index in [-0.39, 0.29) is 18.2 Å². The first-order chi connectivity index (χ1) is 9.99. The van der Waals surface area contributed by atoms with Crippen molar-refractivity contribution in [2.75, 3.05) is 11.4 Å². The third-order valence-corrected chi connectivity index (χ3v) is 3.84. The van der Waals surface area contributed by atoms with Gasteiger partial charge in [-0.2, -0.15) is 0 Å². The van der Waals surface area contributed by atoms with E-state index in [2.05, 4.69) is 9.88 Å². The van der Waals surface area contributed by atoms with Crippen LogP contribution >= 0.6 is 0 Å². The predicted octanol–water partition coefficient (Wildman–Crippen LogP) is 2.52. The fraction of sp³-hybridized carbons (Fsp3) is 0.571. The molecule has 1 aliphatic rings. The van der Waals surface area contributed by atoms with E-state index < -0.39 is 10.9 Å². The Labute approximate surface area is 122 Å². The molecule has 1 aliphatic heterocycles. The van der Waals surface area contributed by atoms with Crippen LogP contribution in [-0.4, -0.2) is 33.6 Å². The van der Waals surface area contributed by atoms with Crippen LogP contribution in [0.3, 0.4) is 0 Å². The molecule has 1 saturated heterocycles. The number of carbonyl (C=O) groups is 1. The Balaban J connectivity index is 2.20. The molecule has 0 bridgehead atoms. The van der Waals surface area contributed by atoms with Gasteiger partial charge in [-0.25, -0.2) is 4.98 Å². The minimum atomic E-state index is -0.797. The number of aliphatic carboxylic acids is 1. The molecule has 0 aromatic carbocycles. The molecule has 1 aromatic rings. The molecule has 1 fully saturated rings. The highest BCUT2D eigenvalue weighted by molar-refractivity contribution is 5.66. The Morgan fingerprint density at radius 3 is 2.95 bits per heavy atom. The molecule has 0 radical (unpaired) electrons. The molecule has 0 spiro atoms. The van der Waals surface area contributed by atoms with E-state index in [0.717, 1.165) is 37.2 Å². The van der Waals surface area contributed by atoms with Crippen molar-refractivity contribution >= 4 is 17.5 Å². The second-order valence-corrected chi connectivity index (χ2v) is 5.37. The van der Waals surface area contributed by atoms with E-state index in [1.807, 2.05) is 0 Å². The van der Waals surface area contributed by atoms with E-state index in [1.165, 1.54) is 12.3 Å². The van der Waals surface area contributed by atoms with Crippen molar-refractivity contribution < 1.29 is 14.8 Å². The summed E-state index contributed by atoms with van der Waals surface area (Å²) in [4.78, 5) is 27.4. The number of aryl methyl sites for hydroxylation is 1. The number of carboxylic acid groups (broad SMARTS) is 1. The van der Waals surface area contributed by atoms with E-state index in [0.29, 0.717) is 6.42 Å². The van der Waals surface area contributed by atoms with Gasteiger partial charge in [0.1, 0.15) is 12.0 Å². The lowest BCUT2D eigenvalue weighted by Crippen LogP contribution is -2.40. The van der Waals surface area contributed by atoms with E-state index in [9.17, 15) is 14.9 Å². The summed E-state index contributed by atoms with van der Waals surface area (Å²) in [6.45, 7) is 2.62. The number of nitrogens with zero attached hydrogens (tertiary/aromatic N) is 3. The zero-order valence-corrected chi connectivity index (χ0v) is 12.0. The Hall–Kier alpha value is -2.18. The summed E-state index contributed by atoms with van der Waals surface area (Å²) in [5.74, 6) is -0.0652. The standard InChI is InChI=1S/C14H19N3O4/c1-10-8-12(17(20)21)9-15-14(10)16-7-3-2-4-11(16)5-6-13(18)19/h8-9,11H,2-7H2,1H3,(H,18,19). The van der Waals surface area contributed by atoms with Crippen LogP contribution in [0.2, 0.25) is 0 Å². The number of rotatable bonds is 5. The number of piperidine rings is 1. The normalized spacial score (nSPS) is 18.5. The van der Waals surface area contributed by atoms with E-state index >= 15 is 0 Å². The second-order valence-electron chi connectivity index (χ2n) is 5.37. The van der Waals surface area contributed by atoms with Gasteiger partial charge >= 0.3 is 5.97 Å². The van der Waals surface area contributed by atoms with Gasteiger partial charge in [0.15, 0.2) is 0 Å². The van der Waals surface area contributed by atoms with E-state index in [4.69, 9.17) is 5.11 Å². The predicted molar refractivity (Wildman–Crippen MR) is 77.5 cm³/mol. The number of aromatic nitrogens is 1. The Morgan fingerprint density at radius 1 is 1.57 bits per heavy atom. The van der Waals surface area contributed by atoms with Gasteiger partial charge in [0, 0.05) is 25.1 Å². The average Bonchev–Trinajstić information content (AvgIpc) is 2.45. The minimum Gasteiger partial charge on any atom is -0.481 e. The van der Waals surface area contributed by atoms with Crippen molar-refractivity contribution in [1.29, 1.82) is 0 Å². The van der Waals surface area contributed by atoms with Gasteiger partial charge in [0.2, 0.25) is 0 Å². The van der Waals surface area contributed by atoms with Crippen molar-refractivity contribution in [3.8, 4) is 0 Å². The summed E-state index contributed by atoms with van der Waals surface area (Å²) < 4.78 is 0. The summed E-state index contributed by atoms with van der Waals surface area (Å²) in [6, 6.07) is 1.66. The van der Waals surface area contributed by atoms with Crippen LogP contribution in [-0.2, 0) is 4.79 Å². The lowest BCUT2D eigenvalue weighted by molar-refractivity contribution is -0.385. The Kier molecular flexibility index (Phi) is 4.72. The monoisotopic (exact) mass is 293 g/mol. The first-order valence-corrected chi connectivity index (χ1v) is 7.08. The minimum absolute atomic E-state index is 0.0182. The third kappa shape index (κ3) is 3.68. The molecule has 0 aliphatic carbocycles. The molecule has 0 saturated carbocycles. The maximum absolute atomic E-state index is 10.8. The van der Waals surface area contributed by atoms with E-state index in [1.54, 1.807) is 6.92 Å². The molecule has 0 amide bonds. The largest absolute Gasteiger partial charge is 0.481 e. The SMILES string of the molecule is Cc1cc([N+](=O)[O-])cnc1N1CCCCC1CCC(=O)O. The van der Waals surface area contributed by atoms with Crippen LogP contribution in [0, 0.1) is 17.0 Å². The quantitative estimate of drug-likeness (QED) is 0.662. The Bertz CT molecular complexity index is 547. The number of pyridine rings is 1. The number of anilines is 1. The fourth-order valence-electron chi connectivity index (χ4n) is 2.82. The third-order valence-electron chi connectivity index (χ3n) is 3.84. The summed E-state index contributed by atoms with van der Waals surface area (Å²) in [7, 11) is 0. The van der Waals surface area contributed by atoms with Gasteiger partial charge < -0.3 is 10.0 Å². The topological polar surface area (TPSA) is 96.6 Å². The zero-order valence-electron chi connectivity index (χ0n) is 12.0. The number of hydrogen-bond acceptors (Lipinski definition) is 5. The summed E-state index contributed by atoms with van der Waals surface area (Å²) in [5.41, 5.74) is 0.738. The number of carboxylic acids is 1. The molecule has 7 heteroatoms. The molecule has 21 heavy (non-hydrogen) atoms. The molecule has 2 rings (SSSR count). The maximum Gasteiger partial charge on any atom is 0.303 e. The molecule has 1 aromatic heterocycles. The fourth-order valence-corrected chi connectivity index (χ4v) is 2.82. The lowest BCUT2D eigenvalue weighted by atomic mass is 9.97. The van der Waals surface area contributed by atoms with Crippen LogP contribution in [0.15, 0.2) is 12.3 Å². The first-order valence-electron chi connectivity index (χ1n) is 7.08. The van der Waals surface area contributed by atoms with Crippen LogP contribution in [0.5, 0.6) is 0 Å². The number of hydrogen-bond donors (Lipinski definition) is 1. The Morgan fingerprint density at radius 2 is 2.33 bits per heavy atom. The smallest absolute Gasteiger partial charge is 0.303 e. The van der Waals surface area contributed by atoms with Gasteiger partial charge in [-0.3, -0.25) is 14.9 Å². The van der Waals surface area contributed by atoms with Gasteiger partial charge in [-0.15, -0.1) is 0 Å². The van der Waals surface area contributed by atoms with Gasteiger partial charge in [0.25, 0.3) is 5.69 Å². The summed E-state index contributed by atoms with van der Waals surface area (Å²) in [5, 5.41) is 19.6. The molecule has 1 atom stereocenters. The van der Waals surface area contributed by atoms with Crippen molar-refractivity contribution in [3.05, 3.63) is 27.9 Å². The van der Waals surface area contributed by atoms with Crippen molar-refractivity contribution in [3.63, 3.8) is 0 Å². The average molecular weight is 293 g/mol. The summed E-state index contributed by atoms with van der Waals surface area (Å²) >= 11 is 0. The van der Waals surface area contributed by atoms with Crippen molar-refractivity contribution in [2.24, 2.45) is 0 Å². The highest BCUT2D eigenvalue weighted by Gasteiger charge is 2.26. The van der Waals surface area contributed by atoms with Crippen molar-refractivity contribution in [1.82, 2.24) is 4.98 Å². The highest BCUT2D eigenvalue weighted by Crippen LogP contribution is 2.29. The molecule has 7 nitrogen and oxygen atoms in total. The molecular formula is C14H19N3O4. The van der Waals surface area contributed by atoms with Crippen LogP contribution in [0.4, 0.5) is 11.5 Å². The molecule has 1 unspecified atom stereocenters. The molecular weight excluding hydrogens is 274 g/mol. The highest BCUT2D eigenvalue weighted by atomic mass is 16.6. The molecule has 114 valence electrons. The van der Waals surface area contributed by atoms with Gasteiger partial charge in [-0.1, -0.05) is 0 Å². The second kappa shape index (κ2) is 6.51. The maximum atomic E-state index is 10.8. The van der Waals surface area contributed by atoms with Gasteiger partial charge in [0.05, 0.1) is 4.92 Å². The summed E-state index contributed by atoms with van der Waals surface area (Å²) in [6.07, 6.45) is 5.02. The molecule has 2 heterocycles. The first kappa shape index (κ1) is 15.2. The van der Waals surface area contributed by atoms with Crippen LogP contribution in [0.1, 0.15) is 37.7 Å². The number of nitro groups is 1. The van der Waals surface area contributed by atoms with Crippen LogP contribution in [0.25, 0.3) is 0 Å². The lowest BCUT2D eigenvalue weighted by Gasteiger charge is -2.37.